The molecule has 0 saturated carbocycles. The predicted octanol–water partition coefficient (Wildman–Crippen LogP) is 2.92. The molecule has 0 radical (unpaired) electrons. The minimum Gasteiger partial charge on any atom is -0.392 e. The molecule has 0 unspecified atom stereocenters. The monoisotopic (exact) mass is 194 g/mol. The van der Waals surface area contributed by atoms with Gasteiger partial charge in [0.15, 0.2) is 0 Å². The number of halogens is 1. The maximum Gasteiger partial charge on any atom is 0.126 e. The molecule has 76 valence electrons. The number of rotatable bonds is 3. The zero-order chi connectivity index (χ0) is 10.6. The first-order valence-electron chi connectivity index (χ1n) is 4.73. The highest BCUT2D eigenvalue weighted by Gasteiger charge is 1.98. The van der Waals surface area contributed by atoms with E-state index in [1.165, 1.54) is 6.07 Å². The third-order valence-electron chi connectivity index (χ3n) is 2.21. The Balaban J connectivity index is 2.97. The van der Waals surface area contributed by atoms with Gasteiger partial charge in [0.1, 0.15) is 5.82 Å². The van der Waals surface area contributed by atoms with E-state index in [0.29, 0.717) is 5.56 Å². The highest BCUT2D eigenvalue weighted by molar-refractivity contribution is 5.53. The summed E-state index contributed by atoms with van der Waals surface area (Å²) in [6.45, 7) is 3.78. The van der Waals surface area contributed by atoms with E-state index in [2.05, 4.69) is 0 Å². The summed E-state index contributed by atoms with van der Waals surface area (Å²) in [5.41, 5.74) is 2.53. The summed E-state index contributed by atoms with van der Waals surface area (Å²) in [4.78, 5) is 0. The average molecular weight is 194 g/mol. The second kappa shape index (κ2) is 4.91. The van der Waals surface area contributed by atoms with Crippen molar-refractivity contribution in [2.24, 2.45) is 0 Å². The minimum absolute atomic E-state index is 0.0624. The number of hydrogen-bond donors (Lipinski definition) is 1. The maximum atomic E-state index is 12.9. The van der Waals surface area contributed by atoms with Gasteiger partial charge in [0.25, 0.3) is 0 Å². The number of hydrogen-bond acceptors (Lipinski definition) is 1. The summed E-state index contributed by atoms with van der Waals surface area (Å²) in [6, 6.07) is 4.94. The first-order chi connectivity index (χ1) is 6.67. The Bertz CT molecular complexity index is 336. The average Bonchev–Trinajstić information content (AvgIpc) is 2.19. The molecule has 1 N–H and O–H groups in total. The minimum atomic E-state index is -0.191. The number of benzene rings is 1. The Morgan fingerprint density at radius 2 is 2.21 bits per heavy atom. The Morgan fingerprint density at radius 1 is 1.50 bits per heavy atom. The van der Waals surface area contributed by atoms with Crippen molar-refractivity contribution in [1.82, 2.24) is 0 Å². The molecule has 0 aliphatic heterocycles. The first kappa shape index (κ1) is 10.9. The highest BCUT2D eigenvalue weighted by Crippen LogP contribution is 2.13. The van der Waals surface area contributed by atoms with Crippen molar-refractivity contribution < 1.29 is 9.50 Å². The zero-order valence-electron chi connectivity index (χ0n) is 8.55. The van der Waals surface area contributed by atoms with E-state index in [1.807, 2.05) is 13.0 Å². The quantitative estimate of drug-likeness (QED) is 0.784. The van der Waals surface area contributed by atoms with Crippen LogP contribution in [-0.2, 0) is 0 Å². The molecule has 1 rings (SSSR count). The van der Waals surface area contributed by atoms with Crippen LogP contribution in [-0.4, -0.2) is 11.7 Å². The van der Waals surface area contributed by atoms with Crippen LogP contribution in [0.5, 0.6) is 0 Å². The van der Waals surface area contributed by atoms with Crippen LogP contribution in [0.1, 0.15) is 24.5 Å². The van der Waals surface area contributed by atoms with E-state index >= 15 is 0 Å². The van der Waals surface area contributed by atoms with Gasteiger partial charge in [-0.3, -0.25) is 0 Å². The SMILES string of the molecule is CCC(=Cc1ccc(F)c(C)c1)CO. The molecule has 0 aromatic heterocycles. The van der Waals surface area contributed by atoms with Crippen LogP contribution in [0.2, 0.25) is 0 Å². The van der Waals surface area contributed by atoms with Crippen molar-refractivity contribution >= 4 is 6.08 Å². The Hall–Kier alpha value is -1.15. The second-order valence-electron chi connectivity index (χ2n) is 3.32. The Labute approximate surface area is 83.9 Å². The van der Waals surface area contributed by atoms with Crippen LogP contribution < -0.4 is 0 Å². The smallest absolute Gasteiger partial charge is 0.126 e. The van der Waals surface area contributed by atoms with E-state index in [9.17, 15) is 4.39 Å². The molecule has 0 spiro atoms. The molecule has 14 heavy (non-hydrogen) atoms. The van der Waals surface area contributed by atoms with Crippen molar-refractivity contribution in [2.75, 3.05) is 6.61 Å². The molecule has 1 nitrogen and oxygen atoms in total. The maximum absolute atomic E-state index is 12.9. The molecule has 0 atom stereocenters. The van der Waals surface area contributed by atoms with E-state index in [0.717, 1.165) is 17.6 Å². The lowest BCUT2D eigenvalue weighted by Crippen LogP contribution is -1.89. The second-order valence-corrected chi connectivity index (χ2v) is 3.32. The van der Waals surface area contributed by atoms with Crippen molar-refractivity contribution in [3.8, 4) is 0 Å². The fourth-order valence-electron chi connectivity index (χ4n) is 1.25. The summed E-state index contributed by atoms with van der Waals surface area (Å²) in [6.07, 6.45) is 2.71. The van der Waals surface area contributed by atoms with Gasteiger partial charge in [-0.25, -0.2) is 4.39 Å². The van der Waals surface area contributed by atoms with Gasteiger partial charge in [-0.05, 0) is 42.2 Å². The van der Waals surface area contributed by atoms with Gasteiger partial charge in [0.2, 0.25) is 0 Å². The summed E-state index contributed by atoms with van der Waals surface area (Å²) in [5, 5.41) is 8.97. The molecule has 0 saturated heterocycles. The normalized spacial score (nSPS) is 11.9. The molecule has 1 aromatic carbocycles. The fourth-order valence-corrected chi connectivity index (χ4v) is 1.25. The molecular formula is C12H15FO. The molecule has 0 bridgehead atoms. The van der Waals surface area contributed by atoms with Gasteiger partial charge < -0.3 is 5.11 Å². The molecule has 0 fully saturated rings. The molecule has 0 aliphatic rings. The van der Waals surface area contributed by atoms with Crippen molar-refractivity contribution in [3.63, 3.8) is 0 Å². The van der Waals surface area contributed by atoms with Gasteiger partial charge in [-0.15, -0.1) is 0 Å². The van der Waals surface area contributed by atoms with Gasteiger partial charge in [0, 0.05) is 0 Å². The number of aliphatic hydroxyl groups excluding tert-OH is 1. The standard InChI is InChI=1S/C12H15FO/c1-3-10(8-14)7-11-4-5-12(13)9(2)6-11/h4-7,14H,3,8H2,1-2H3. The van der Waals surface area contributed by atoms with Crippen LogP contribution >= 0.6 is 0 Å². The molecule has 1 aromatic rings. The summed E-state index contributed by atoms with van der Waals surface area (Å²) < 4.78 is 12.9. The fraction of sp³-hybridized carbons (Fsp3) is 0.333. The van der Waals surface area contributed by atoms with Crippen LogP contribution in [0, 0.1) is 12.7 Å². The Morgan fingerprint density at radius 3 is 2.71 bits per heavy atom. The van der Waals surface area contributed by atoms with Crippen LogP contribution in [0.4, 0.5) is 4.39 Å². The van der Waals surface area contributed by atoms with Crippen molar-refractivity contribution in [1.29, 1.82) is 0 Å². The molecular weight excluding hydrogens is 179 g/mol. The van der Waals surface area contributed by atoms with Crippen molar-refractivity contribution in [2.45, 2.75) is 20.3 Å². The molecule has 0 aliphatic carbocycles. The van der Waals surface area contributed by atoms with Crippen molar-refractivity contribution in [3.05, 3.63) is 40.7 Å². The van der Waals surface area contributed by atoms with Gasteiger partial charge in [-0.1, -0.05) is 19.1 Å². The van der Waals surface area contributed by atoms with E-state index in [4.69, 9.17) is 5.11 Å². The third-order valence-corrected chi connectivity index (χ3v) is 2.21. The number of aryl methyl sites for hydroxylation is 1. The van der Waals surface area contributed by atoms with Gasteiger partial charge in [-0.2, -0.15) is 0 Å². The molecule has 2 heteroatoms. The van der Waals surface area contributed by atoms with E-state index in [1.54, 1.807) is 19.1 Å². The van der Waals surface area contributed by atoms with Crippen LogP contribution in [0.3, 0.4) is 0 Å². The zero-order valence-corrected chi connectivity index (χ0v) is 8.55. The highest BCUT2D eigenvalue weighted by atomic mass is 19.1. The van der Waals surface area contributed by atoms with Crippen LogP contribution in [0.25, 0.3) is 6.08 Å². The van der Waals surface area contributed by atoms with Gasteiger partial charge >= 0.3 is 0 Å². The lowest BCUT2D eigenvalue weighted by atomic mass is 10.1. The first-order valence-corrected chi connectivity index (χ1v) is 4.73. The topological polar surface area (TPSA) is 20.2 Å². The lowest BCUT2D eigenvalue weighted by Gasteiger charge is -2.02. The summed E-state index contributed by atoms with van der Waals surface area (Å²) in [7, 11) is 0. The third kappa shape index (κ3) is 2.67. The lowest BCUT2D eigenvalue weighted by molar-refractivity contribution is 0.329. The largest absolute Gasteiger partial charge is 0.392 e. The van der Waals surface area contributed by atoms with Crippen LogP contribution in [0.15, 0.2) is 23.8 Å². The van der Waals surface area contributed by atoms with Gasteiger partial charge in [0.05, 0.1) is 6.61 Å². The van der Waals surface area contributed by atoms with E-state index in [-0.39, 0.29) is 12.4 Å². The molecule has 0 heterocycles. The number of aliphatic hydroxyl groups is 1. The predicted molar refractivity (Wildman–Crippen MR) is 56.5 cm³/mol. The molecule has 0 amide bonds. The summed E-state index contributed by atoms with van der Waals surface area (Å²) >= 11 is 0. The summed E-state index contributed by atoms with van der Waals surface area (Å²) in [5.74, 6) is -0.191. The van der Waals surface area contributed by atoms with E-state index < -0.39 is 0 Å². The Kier molecular flexibility index (Phi) is 3.84.